The lowest BCUT2D eigenvalue weighted by Gasteiger charge is -2.32. The van der Waals surface area contributed by atoms with Crippen LogP contribution in [0.3, 0.4) is 0 Å². The Morgan fingerprint density at radius 2 is 1.80 bits per heavy atom. The molecule has 5 nitrogen and oxygen atoms in total. The van der Waals surface area contributed by atoms with Gasteiger partial charge in [-0.15, -0.1) is 0 Å². The summed E-state index contributed by atoms with van der Waals surface area (Å²) in [7, 11) is 0. The van der Waals surface area contributed by atoms with Gasteiger partial charge >= 0.3 is 5.97 Å². The van der Waals surface area contributed by atoms with Crippen LogP contribution in [0, 0.1) is 17.6 Å². The van der Waals surface area contributed by atoms with Crippen molar-refractivity contribution in [2.75, 3.05) is 0 Å². The number of benzene rings is 2. The van der Waals surface area contributed by atoms with E-state index in [9.17, 15) is 14.3 Å². The molecule has 1 fully saturated rings. The second-order valence-corrected chi connectivity index (χ2v) is 7.91. The summed E-state index contributed by atoms with van der Waals surface area (Å²) < 4.78 is 34.4. The van der Waals surface area contributed by atoms with Gasteiger partial charge in [-0.1, -0.05) is 26.0 Å². The van der Waals surface area contributed by atoms with Gasteiger partial charge in [0, 0.05) is 5.56 Å². The summed E-state index contributed by atoms with van der Waals surface area (Å²) in [4.78, 5) is 15.6. The molecule has 4 rings (SSSR count). The zero-order chi connectivity index (χ0) is 21.6. The van der Waals surface area contributed by atoms with Gasteiger partial charge in [-0.2, -0.15) is 0 Å². The molecule has 7 heteroatoms. The molecular weight excluding hydrogens is 392 g/mol. The summed E-state index contributed by atoms with van der Waals surface area (Å²) in [6.07, 6.45) is 0.242. The van der Waals surface area contributed by atoms with Gasteiger partial charge in [-0.05, 0) is 54.0 Å². The molecule has 1 aliphatic carbocycles. The fourth-order valence-corrected chi connectivity index (χ4v) is 3.79. The smallest absolute Gasteiger partial charge is 0.306 e. The Bertz CT molecular complexity index is 1120. The Kier molecular flexibility index (Phi) is 5.05. The minimum atomic E-state index is -0.883. The first-order valence-corrected chi connectivity index (χ1v) is 9.76. The highest BCUT2D eigenvalue weighted by molar-refractivity contribution is 6.01. The Morgan fingerprint density at radius 3 is 2.40 bits per heavy atom. The van der Waals surface area contributed by atoms with Crippen LogP contribution in [0.1, 0.15) is 38.3 Å². The van der Waals surface area contributed by atoms with E-state index in [-0.39, 0.29) is 29.1 Å². The topological polar surface area (TPSA) is 79.7 Å². The van der Waals surface area contributed by atoms with E-state index in [0.29, 0.717) is 35.0 Å². The van der Waals surface area contributed by atoms with Crippen LogP contribution in [0.15, 0.2) is 36.4 Å². The number of ether oxygens (including phenoxy) is 1. The number of phenolic OH excluding ortho intramolecular Hbond substituents is 1. The van der Waals surface area contributed by atoms with Gasteiger partial charge < -0.3 is 14.9 Å². The summed E-state index contributed by atoms with van der Waals surface area (Å²) in [6, 6.07) is 8.72. The number of rotatable bonds is 5. The number of hydrogen-bond donors (Lipinski definition) is 2. The van der Waals surface area contributed by atoms with Crippen molar-refractivity contribution < 1.29 is 28.5 Å². The molecule has 1 heterocycles. The largest absolute Gasteiger partial charge is 0.505 e. The number of hydrogen-bond acceptors (Lipinski definition) is 4. The first kappa shape index (κ1) is 20.1. The molecule has 1 aliphatic rings. The molecule has 30 heavy (non-hydrogen) atoms. The Labute approximate surface area is 171 Å². The standard InChI is InChI=1S/C23H21F2NO4/c1-11(2)21-18(12-3-5-14(24)6-4-12)16-7-8-17(27)20(25)19(16)22(26-21)30-15-9-13(10-15)23(28)29/h3-8,11,13,15,27H,9-10H2,1-2H3,(H,28,29)/t13-,15-. The van der Waals surface area contributed by atoms with Crippen LogP contribution in [0.4, 0.5) is 8.78 Å². The molecule has 0 unspecified atom stereocenters. The Morgan fingerprint density at radius 1 is 1.13 bits per heavy atom. The Hall–Kier alpha value is -3.22. The highest BCUT2D eigenvalue weighted by Gasteiger charge is 2.37. The summed E-state index contributed by atoms with van der Waals surface area (Å²) >= 11 is 0. The predicted octanol–water partition coefficient (Wildman–Crippen LogP) is 5.25. The maximum atomic E-state index is 15.0. The monoisotopic (exact) mass is 413 g/mol. The zero-order valence-electron chi connectivity index (χ0n) is 16.5. The fourth-order valence-electron chi connectivity index (χ4n) is 3.79. The first-order chi connectivity index (χ1) is 14.3. The van der Waals surface area contributed by atoms with Gasteiger partial charge in [0.15, 0.2) is 11.6 Å². The van der Waals surface area contributed by atoms with Crippen molar-refractivity contribution in [3.63, 3.8) is 0 Å². The van der Waals surface area contributed by atoms with Gasteiger partial charge in [0.25, 0.3) is 0 Å². The minimum absolute atomic E-state index is 0.0255. The SMILES string of the molecule is CC(C)c1nc(O[C@H]2C[C@H](C(=O)O)C2)c2c(F)c(O)ccc2c1-c1ccc(F)cc1. The summed E-state index contributed by atoms with van der Waals surface area (Å²) in [6.45, 7) is 3.87. The van der Waals surface area contributed by atoms with Gasteiger partial charge in [-0.25, -0.2) is 13.8 Å². The lowest BCUT2D eigenvalue weighted by Crippen LogP contribution is -2.38. The second kappa shape index (κ2) is 7.55. The average molecular weight is 413 g/mol. The van der Waals surface area contributed by atoms with Gasteiger partial charge in [-0.3, -0.25) is 4.79 Å². The van der Waals surface area contributed by atoms with Crippen molar-refractivity contribution in [1.29, 1.82) is 0 Å². The first-order valence-electron chi connectivity index (χ1n) is 9.76. The number of pyridine rings is 1. The number of carboxylic acid groups (broad SMARTS) is 1. The number of phenols is 1. The van der Waals surface area contributed by atoms with Crippen molar-refractivity contribution in [3.05, 3.63) is 53.7 Å². The summed E-state index contributed by atoms with van der Waals surface area (Å²) in [5.41, 5.74) is 1.95. The molecule has 1 saturated carbocycles. The number of halogens is 2. The normalized spacial score (nSPS) is 18.4. The molecule has 156 valence electrons. The number of aromatic nitrogens is 1. The maximum Gasteiger partial charge on any atom is 0.306 e. The van der Waals surface area contributed by atoms with Crippen molar-refractivity contribution >= 4 is 16.7 Å². The van der Waals surface area contributed by atoms with Crippen LogP contribution in [0.25, 0.3) is 21.9 Å². The van der Waals surface area contributed by atoms with Gasteiger partial charge in [0.1, 0.15) is 11.9 Å². The van der Waals surface area contributed by atoms with E-state index in [1.54, 1.807) is 18.2 Å². The number of carboxylic acids is 1. The molecule has 0 spiro atoms. The fraction of sp³-hybridized carbons (Fsp3) is 0.304. The molecule has 0 radical (unpaired) electrons. The predicted molar refractivity (Wildman–Crippen MR) is 108 cm³/mol. The van der Waals surface area contributed by atoms with E-state index in [0.717, 1.165) is 0 Å². The summed E-state index contributed by atoms with van der Waals surface area (Å²) in [5, 5.41) is 19.5. The second-order valence-electron chi connectivity index (χ2n) is 7.91. The van der Waals surface area contributed by atoms with Crippen LogP contribution >= 0.6 is 0 Å². The molecule has 2 N–H and O–H groups in total. The van der Waals surface area contributed by atoms with Crippen LogP contribution in [-0.2, 0) is 4.79 Å². The van der Waals surface area contributed by atoms with Gasteiger partial charge in [0.05, 0.1) is 17.0 Å². The molecule has 0 aliphatic heterocycles. The van der Waals surface area contributed by atoms with E-state index in [2.05, 4.69) is 4.98 Å². The molecule has 2 aromatic carbocycles. The molecule has 0 amide bonds. The average Bonchev–Trinajstić information content (AvgIpc) is 2.66. The van der Waals surface area contributed by atoms with Crippen molar-refractivity contribution in [2.45, 2.75) is 38.7 Å². The zero-order valence-corrected chi connectivity index (χ0v) is 16.5. The maximum absolute atomic E-state index is 15.0. The molecule has 1 aromatic heterocycles. The van der Waals surface area contributed by atoms with Gasteiger partial charge in [0.2, 0.25) is 5.88 Å². The number of fused-ring (bicyclic) bond motifs is 1. The van der Waals surface area contributed by atoms with Crippen LogP contribution < -0.4 is 4.74 Å². The molecule has 0 saturated heterocycles. The molecule has 3 aromatic rings. The lowest BCUT2D eigenvalue weighted by atomic mass is 9.82. The van der Waals surface area contributed by atoms with E-state index in [1.807, 2.05) is 13.8 Å². The third-order valence-electron chi connectivity index (χ3n) is 5.49. The van der Waals surface area contributed by atoms with E-state index >= 15 is 4.39 Å². The van der Waals surface area contributed by atoms with E-state index in [1.165, 1.54) is 18.2 Å². The highest BCUT2D eigenvalue weighted by atomic mass is 19.1. The Balaban J connectivity index is 1.90. The quantitative estimate of drug-likeness (QED) is 0.597. The number of aromatic hydroxyl groups is 1. The molecule has 0 atom stereocenters. The molecular formula is C23H21F2NO4. The van der Waals surface area contributed by atoms with E-state index < -0.39 is 23.5 Å². The summed E-state index contributed by atoms with van der Waals surface area (Å²) in [5.74, 6) is -3.17. The number of nitrogens with zero attached hydrogens (tertiary/aromatic N) is 1. The van der Waals surface area contributed by atoms with Crippen molar-refractivity contribution in [3.8, 4) is 22.8 Å². The van der Waals surface area contributed by atoms with E-state index in [4.69, 9.17) is 9.84 Å². The third kappa shape index (κ3) is 3.44. The highest BCUT2D eigenvalue weighted by Crippen LogP contribution is 2.43. The number of carbonyl (C=O) groups is 1. The van der Waals surface area contributed by atoms with Crippen LogP contribution in [-0.4, -0.2) is 27.3 Å². The van der Waals surface area contributed by atoms with Crippen molar-refractivity contribution in [2.24, 2.45) is 5.92 Å². The van der Waals surface area contributed by atoms with Crippen molar-refractivity contribution in [1.82, 2.24) is 4.98 Å². The lowest BCUT2D eigenvalue weighted by molar-refractivity contribution is -0.148. The minimum Gasteiger partial charge on any atom is -0.505 e. The number of aliphatic carboxylic acids is 1. The van der Waals surface area contributed by atoms with Crippen LogP contribution in [0.5, 0.6) is 11.6 Å². The van der Waals surface area contributed by atoms with Crippen LogP contribution in [0.2, 0.25) is 0 Å². The molecule has 0 bridgehead atoms. The third-order valence-corrected chi connectivity index (χ3v) is 5.49.